The molecule has 0 atom stereocenters. The summed E-state index contributed by atoms with van der Waals surface area (Å²) >= 11 is 0. The smallest absolute Gasteiger partial charge is 0.339 e. The van der Waals surface area contributed by atoms with Gasteiger partial charge in [0.25, 0.3) is 0 Å². The summed E-state index contributed by atoms with van der Waals surface area (Å²) in [5.41, 5.74) is -2.42. The van der Waals surface area contributed by atoms with Crippen LogP contribution in [0.5, 0.6) is 11.5 Å². The zero-order valence-electron chi connectivity index (χ0n) is 12.2. The Balaban J connectivity index is 2.91. The van der Waals surface area contributed by atoms with Crippen LogP contribution in [-0.2, 0) is 16.0 Å². The van der Waals surface area contributed by atoms with Crippen molar-refractivity contribution in [2.45, 2.75) is 13.3 Å². The Bertz CT molecular complexity index is 800. The molecule has 8 heteroatoms. The molecular weight excluding hydrogens is 308 g/mol. The Morgan fingerprint density at radius 3 is 2.22 bits per heavy atom. The van der Waals surface area contributed by atoms with Gasteiger partial charge in [-0.3, -0.25) is 14.4 Å². The van der Waals surface area contributed by atoms with Crippen molar-refractivity contribution >= 4 is 23.3 Å². The standard InChI is InChI=1S/C15H12O8/c1-5(16)3-6-9(15(21)22)14(20)10-7(17)4-8(23-2)13(19)11(10)12(6)18/h4,18,20H,3H2,1-2H3,(H,21,22). The van der Waals surface area contributed by atoms with Crippen molar-refractivity contribution in [2.75, 3.05) is 7.11 Å². The van der Waals surface area contributed by atoms with Gasteiger partial charge < -0.3 is 20.1 Å². The highest BCUT2D eigenvalue weighted by Crippen LogP contribution is 2.41. The van der Waals surface area contributed by atoms with Gasteiger partial charge in [-0.1, -0.05) is 0 Å². The van der Waals surface area contributed by atoms with E-state index in [9.17, 15) is 34.5 Å². The maximum absolute atomic E-state index is 12.2. The van der Waals surface area contributed by atoms with Crippen LogP contribution in [-0.4, -0.2) is 45.7 Å². The molecule has 0 aromatic heterocycles. The van der Waals surface area contributed by atoms with Crippen LogP contribution in [0.25, 0.3) is 0 Å². The Morgan fingerprint density at radius 2 is 1.74 bits per heavy atom. The topological polar surface area (TPSA) is 138 Å². The molecular formula is C15H12O8. The number of carbonyl (C=O) groups excluding carboxylic acids is 3. The normalized spacial score (nSPS) is 13.4. The first kappa shape index (κ1) is 16.2. The largest absolute Gasteiger partial charge is 0.507 e. The number of ketones is 3. The van der Waals surface area contributed by atoms with Gasteiger partial charge in [-0.15, -0.1) is 0 Å². The van der Waals surface area contributed by atoms with Gasteiger partial charge in [-0.25, -0.2) is 4.79 Å². The van der Waals surface area contributed by atoms with Crippen LogP contribution in [0.1, 0.15) is 43.6 Å². The summed E-state index contributed by atoms with van der Waals surface area (Å²) in [7, 11) is 1.14. The number of carboxylic acid groups (broad SMARTS) is 1. The number of methoxy groups -OCH3 is 1. The summed E-state index contributed by atoms with van der Waals surface area (Å²) in [6.07, 6.45) is 0.266. The number of aromatic hydroxyl groups is 2. The number of carbonyl (C=O) groups is 4. The molecule has 1 aromatic carbocycles. The van der Waals surface area contributed by atoms with Gasteiger partial charge in [0, 0.05) is 18.1 Å². The number of rotatable bonds is 4. The van der Waals surface area contributed by atoms with Crippen LogP contribution in [0.15, 0.2) is 11.8 Å². The Labute approximate surface area is 129 Å². The predicted molar refractivity (Wildman–Crippen MR) is 74.9 cm³/mol. The first-order valence-corrected chi connectivity index (χ1v) is 6.38. The summed E-state index contributed by atoms with van der Waals surface area (Å²) in [6.45, 7) is 1.15. The third kappa shape index (κ3) is 2.44. The molecule has 0 heterocycles. The van der Waals surface area contributed by atoms with E-state index in [1.165, 1.54) is 0 Å². The van der Waals surface area contributed by atoms with E-state index in [0.717, 1.165) is 20.1 Å². The minimum absolute atomic E-state index is 0.367. The van der Waals surface area contributed by atoms with E-state index in [0.29, 0.717) is 0 Å². The Morgan fingerprint density at radius 1 is 1.13 bits per heavy atom. The van der Waals surface area contributed by atoms with Crippen LogP contribution < -0.4 is 0 Å². The lowest BCUT2D eigenvalue weighted by Gasteiger charge is -2.20. The quantitative estimate of drug-likeness (QED) is 0.694. The fraction of sp³-hybridized carbons (Fsp3) is 0.200. The fourth-order valence-corrected chi connectivity index (χ4v) is 2.42. The first-order chi connectivity index (χ1) is 10.7. The maximum atomic E-state index is 12.2. The summed E-state index contributed by atoms with van der Waals surface area (Å²) in [5.74, 6) is -6.08. The average molecular weight is 320 g/mol. The molecule has 120 valence electrons. The van der Waals surface area contributed by atoms with E-state index in [1.54, 1.807) is 0 Å². The van der Waals surface area contributed by atoms with Crippen molar-refractivity contribution in [3.63, 3.8) is 0 Å². The van der Waals surface area contributed by atoms with Crippen molar-refractivity contribution in [1.82, 2.24) is 0 Å². The van der Waals surface area contributed by atoms with E-state index in [-0.39, 0.29) is 5.76 Å². The van der Waals surface area contributed by atoms with Crippen LogP contribution in [0.3, 0.4) is 0 Å². The molecule has 1 aliphatic carbocycles. The molecule has 23 heavy (non-hydrogen) atoms. The van der Waals surface area contributed by atoms with Crippen LogP contribution in [0.2, 0.25) is 0 Å². The molecule has 1 aromatic rings. The fourth-order valence-electron chi connectivity index (χ4n) is 2.42. The lowest BCUT2D eigenvalue weighted by atomic mass is 9.85. The molecule has 2 rings (SSSR count). The number of aromatic carboxylic acids is 1. The monoisotopic (exact) mass is 320 g/mol. The SMILES string of the molecule is COC1=CC(=O)c2c(O)c(C(=O)O)c(CC(C)=O)c(O)c2C1=O. The highest BCUT2D eigenvalue weighted by atomic mass is 16.5. The molecule has 8 nitrogen and oxygen atoms in total. The number of fused-ring (bicyclic) bond motifs is 1. The summed E-state index contributed by atoms with van der Waals surface area (Å²) < 4.78 is 4.74. The van der Waals surface area contributed by atoms with Gasteiger partial charge in [0.1, 0.15) is 22.8 Å². The average Bonchev–Trinajstić information content (AvgIpc) is 2.45. The van der Waals surface area contributed by atoms with E-state index in [2.05, 4.69) is 0 Å². The highest BCUT2D eigenvalue weighted by Gasteiger charge is 2.37. The molecule has 0 saturated heterocycles. The minimum Gasteiger partial charge on any atom is -0.507 e. The molecule has 0 saturated carbocycles. The lowest BCUT2D eigenvalue weighted by molar-refractivity contribution is -0.116. The molecule has 3 N–H and O–H groups in total. The van der Waals surface area contributed by atoms with Crippen molar-refractivity contribution in [2.24, 2.45) is 0 Å². The van der Waals surface area contributed by atoms with Gasteiger partial charge in [0.2, 0.25) is 5.78 Å². The Hall–Kier alpha value is -3.16. The number of ether oxygens (including phenoxy) is 1. The minimum atomic E-state index is -1.64. The second-order valence-corrected chi connectivity index (χ2v) is 4.89. The van der Waals surface area contributed by atoms with Crippen LogP contribution >= 0.6 is 0 Å². The van der Waals surface area contributed by atoms with Gasteiger partial charge in [-0.05, 0) is 6.92 Å². The van der Waals surface area contributed by atoms with Crippen molar-refractivity contribution in [3.8, 4) is 11.5 Å². The zero-order chi connectivity index (χ0) is 17.5. The van der Waals surface area contributed by atoms with Crippen LogP contribution in [0.4, 0.5) is 0 Å². The van der Waals surface area contributed by atoms with E-state index in [1.807, 2.05) is 0 Å². The Kier molecular flexibility index (Phi) is 3.92. The van der Waals surface area contributed by atoms with Gasteiger partial charge in [-0.2, -0.15) is 0 Å². The number of phenolic OH excluding ortho intramolecular Hbond substituents is 1. The number of hydrogen-bond acceptors (Lipinski definition) is 7. The molecule has 0 radical (unpaired) electrons. The van der Waals surface area contributed by atoms with E-state index >= 15 is 0 Å². The predicted octanol–water partition coefficient (Wildman–Crippen LogP) is 0.837. The second kappa shape index (κ2) is 5.56. The second-order valence-electron chi connectivity index (χ2n) is 4.89. The molecule has 0 bridgehead atoms. The number of benzene rings is 1. The third-order valence-corrected chi connectivity index (χ3v) is 3.37. The number of hydrogen-bond donors (Lipinski definition) is 3. The lowest BCUT2D eigenvalue weighted by Crippen LogP contribution is -2.21. The van der Waals surface area contributed by atoms with Crippen molar-refractivity contribution in [1.29, 1.82) is 0 Å². The molecule has 1 aliphatic rings. The summed E-state index contributed by atoms with van der Waals surface area (Å²) in [5, 5.41) is 29.6. The van der Waals surface area contributed by atoms with Gasteiger partial charge >= 0.3 is 5.97 Å². The van der Waals surface area contributed by atoms with Crippen LogP contribution in [0, 0.1) is 0 Å². The molecule has 0 unspecified atom stereocenters. The van der Waals surface area contributed by atoms with E-state index in [4.69, 9.17) is 4.74 Å². The maximum Gasteiger partial charge on any atom is 0.339 e. The van der Waals surface area contributed by atoms with Gasteiger partial charge in [0.15, 0.2) is 11.5 Å². The third-order valence-electron chi connectivity index (χ3n) is 3.37. The van der Waals surface area contributed by atoms with Crippen molar-refractivity contribution < 1.29 is 39.2 Å². The number of phenols is 2. The number of Topliss-reactive ketones (excluding diaryl/α,β-unsaturated/α-hetero) is 2. The molecule has 0 fully saturated rings. The highest BCUT2D eigenvalue weighted by molar-refractivity contribution is 6.27. The summed E-state index contributed by atoms with van der Waals surface area (Å²) in [4.78, 5) is 46.9. The summed E-state index contributed by atoms with van der Waals surface area (Å²) in [6, 6.07) is 0. The first-order valence-electron chi connectivity index (χ1n) is 6.38. The van der Waals surface area contributed by atoms with Crippen molar-refractivity contribution in [3.05, 3.63) is 34.1 Å². The zero-order valence-corrected chi connectivity index (χ0v) is 12.2. The molecule has 0 aliphatic heterocycles. The van der Waals surface area contributed by atoms with E-state index < -0.39 is 63.5 Å². The number of allylic oxidation sites excluding steroid dienone is 2. The molecule has 0 spiro atoms. The molecule has 0 amide bonds. The van der Waals surface area contributed by atoms with Gasteiger partial charge in [0.05, 0.1) is 18.2 Å². The number of carboxylic acids is 1.